The van der Waals surface area contributed by atoms with Gasteiger partial charge in [-0.15, -0.1) is 0 Å². The maximum atomic E-state index is 5.75. The van der Waals surface area contributed by atoms with Crippen LogP contribution in [0.2, 0.25) is 0 Å². The van der Waals surface area contributed by atoms with E-state index in [1.165, 1.54) is 24.1 Å². The third kappa shape index (κ3) is 6.36. The summed E-state index contributed by atoms with van der Waals surface area (Å²) in [6, 6.07) is 16.9. The third-order valence-corrected chi connectivity index (χ3v) is 5.45. The Morgan fingerprint density at radius 1 is 1.14 bits per heavy atom. The Balaban J connectivity index is 1.55. The zero-order valence-electron chi connectivity index (χ0n) is 17.9. The van der Waals surface area contributed by atoms with Gasteiger partial charge in [-0.25, -0.2) is 0 Å². The molecule has 3 rings (SSSR count). The quantitative estimate of drug-likeness (QED) is 0.591. The zero-order chi connectivity index (χ0) is 20.8. The largest absolute Gasteiger partial charge is 0.491 e. The SMILES string of the molecule is CC(C)Oc1cccc(NC(=S)N[C@@H](C)c2ccc(N3CCC[C@H](C)C3)cc2)c1. The summed E-state index contributed by atoms with van der Waals surface area (Å²) < 4.78 is 5.75. The summed E-state index contributed by atoms with van der Waals surface area (Å²) in [5.74, 6) is 1.61. The second kappa shape index (κ2) is 9.97. The molecule has 0 aromatic heterocycles. The first kappa shape index (κ1) is 21.4. The second-order valence-electron chi connectivity index (χ2n) is 8.30. The lowest BCUT2D eigenvalue weighted by molar-refractivity contribution is 0.242. The molecule has 0 amide bonds. The Bertz CT molecular complexity index is 806. The van der Waals surface area contributed by atoms with Crippen LogP contribution >= 0.6 is 12.2 Å². The molecule has 29 heavy (non-hydrogen) atoms. The molecule has 0 radical (unpaired) electrons. The van der Waals surface area contributed by atoms with Gasteiger partial charge in [0.05, 0.1) is 12.1 Å². The number of nitrogens with one attached hydrogen (secondary N) is 2. The van der Waals surface area contributed by atoms with Crippen LogP contribution in [0, 0.1) is 5.92 Å². The van der Waals surface area contributed by atoms with E-state index in [4.69, 9.17) is 17.0 Å². The molecular weight excluding hydrogens is 378 g/mol. The number of anilines is 2. The Labute approximate surface area is 180 Å². The van der Waals surface area contributed by atoms with Gasteiger partial charge in [-0.3, -0.25) is 0 Å². The normalized spacial score (nSPS) is 17.7. The van der Waals surface area contributed by atoms with Crippen molar-refractivity contribution in [1.82, 2.24) is 5.32 Å². The summed E-state index contributed by atoms with van der Waals surface area (Å²) in [5.41, 5.74) is 3.46. The average Bonchev–Trinajstić information content (AvgIpc) is 2.67. The molecule has 0 aliphatic carbocycles. The Morgan fingerprint density at radius 2 is 1.90 bits per heavy atom. The molecule has 2 aromatic rings. The highest BCUT2D eigenvalue weighted by molar-refractivity contribution is 7.80. The highest BCUT2D eigenvalue weighted by atomic mass is 32.1. The number of nitrogens with zero attached hydrogens (tertiary/aromatic N) is 1. The fourth-order valence-corrected chi connectivity index (χ4v) is 4.06. The molecule has 156 valence electrons. The number of rotatable bonds is 6. The van der Waals surface area contributed by atoms with Crippen molar-refractivity contribution in [2.45, 2.75) is 52.7 Å². The first-order valence-corrected chi connectivity index (χ1v) is 11.0. The van der Waals surface area contributed by atoms with Crippen molar-refractivity contribution in [1.29, 1.82) is 0 Å². The summed E-state index contributed by atoms with van der Waals surface area (Å²) in [7, 11) is 0. The lowest BCUT2D eigenvalue weighted by atomic mass is 9.99. The molecule has 1 aliphatic rings. The van der Waals surface area contributed by atoms with Crippen LogP contribution in [0.3, 0.4) is 0 Å². The first-order chi connectivity index (χ1) is 13.9. The van der Waals surface area contributed by atoms with E-state index >= 15 is 0 Å². The standard InChI is InChI=1S/C24H33N3OS/c1-17(2)28-23-9-5-8-21(15-23)26-24(29)25-19(4)20-10-12-22(13-11-20)27-14-6-7-18(3)16-27/h5,8-13,15,17-19H,6-7,14,16H2,1-4H3,(H2,25,26,29)/t18-,19-/m0/s1. The molecule has 0 bridgehead atoms. The van der Waals surface area contributed by atoms with Crippen molar-refractivity contribution in [2.24, 2.45) is 5.92 Å². The van der Waals surface area contributed by atoms with Gasteiger partial charge in [0.15, 0.2) is 5.11 Å². The van der Waals surface area contributed by atoms with Crippen LogP contribution in [0.1, 0.15) is 52.1 Å². The molecular formula is C24H33N3OS. The minimum Gasteiger partial charge on any atom is -0.491 e. The number of hydrogen-bond acceptors (Lipinski definition) is 3. The molecule has 4 nitrogen and oxygen atoms in total. The molecule has 1 aliphatic heterocycles. The lowest BCUT2D eigenvalue weighted by Crippen LogP contribution is -2.34. The fourth-order valence-electron chi connectivity index (χ4n) is 3.76. The maximum absolute atomic E-state index is 5.75. The van der Waals surface area contributed by atoms with Crippen molar-refractivity contribution >= 4 is 28.7 Å². The van der Waals surface area contributed by atoms with Gasteiger partial charge in [-0.05, 0) is 81.6 Å². The van der Waals surface area contributed by atoms with E-state index in [2.05, 4.69) is 53.6 Å². The van der Waals surface area contributed by atoms with Gasteiger partial charge in [-0.2, -0.15) is 0 Å². The van der Waals surface area contributed by atoms with Crippen molar-refractivity contribution in [2.75, 3.05) is 23.3 Å². The van der Waals surface area contributed by atoms with E-state index in [0.717, 1.165) is 30.4 Å². The molecule has 1 fully saturated rings. The first-order valence-electron chi connectivity index (χ1n) is 10.6. The minimum absolute atomic E-state index is 0.124. The fraction of sp³-hybridized carbons (Fsp3) is 0.458. The molecule has 0 spiro atoms. The van der Waals surface area contributed by atoms with Crippen LogP contribution in [0.5, 0.6) is 5.75 Å². The number of thiocarbonyl (C=S) groups is 1. The van der Waals surface area contributed by atoms with Crippen molar-refractivity contribution in [3.8, 4) is 5.75 Å². The van der Waals surface area contributed by atoms with Crippen LogP contribution in [0.15, 0.2) is 48.5 Å². The van der Waals surface area contributed by atoms with Gasteiger partial charge in [-0.1, -0.05) is 25.1 Å². The molecule has 1 heterocycles. The van der Waals surface area contributed by atoms with E-state index < -0.39 is 0 Å². The number of ether oxygens (including phenoxy) is 1. The van der Waals surface area contributed by atoms with E-state index in [1.807, 2.05) is 38.1 Å². The second-order valence-corrected chi connectivity index (χ2v) is 8.71. The van der Waals surface area contributed by atoms with Crippen LogP contribution in [0.4, 0.5) is 11.4 Å². The number of hydrogen-bond donors (Lipinski definition) is 2. The summed E-state index contributed by atoms with van der Waals surface area (Å²) >= 11 is 5.51. The number of benzene rings is 2. The smallest absolute Gasteiger partial charge is 0.171 e. The minimum atomic E-state index is 0.124. The molecule has 0 unspecified atom stereocenters. The summed E-state index contributed by atoms with van der Waals surface area (Å²) in [6.45, 7) is 10.8. The summed E-state index contributed by atoms with van der Waals surface area (Å²) in [4.78, 5) is 2.49. The molecule has 0 saturated carbocycles. The average molecular weight is 412 g/mol. The molecule has 2 atom stereocenters. The van der Waals surface area contributed by atoms with Gasteiger partial charge in [0.1, 0.15) is 5.75 Å². The van der Waals surface area contributed by atoms with Gasteiger partial charge in [0.2, 0.25) is 0 Å². The van der Waals surface area contributed by atoms with Gasteiger partial charge in [0.25, 0.3) is 0 Å². The van der Waals surface area contributed by atoms with Gasteiger partial charge >= 0.3 is 0 Å². The van der Waals surface area contributed by atoms with Crippen molar-refractivity contribution in [3.05, 3.63) is 54.1 Å². The highest BCUT2D eigenvalue weighted by Gasteiger charge is 2.17. The van der Waals surface area contributed by atoms with E-state index in [9.17, 15) is 0 Å². The zero-order valence-corrected chi connectivity index (χ0v) is 18.8. The van der Waals surface area contributed by atoms with Crippen LogP contribution in [-0.2, 0) is 0 Å². The topological polar surface area (TPSA) is 36.5 Å². The molecule has 2 N–H and O–H groups in total. The van der Waals surface area contributed by atoms with Gasteiger partial charge in [0, 0.05) is 30.5 Å². The third-order valence-electron chi connectivity index (χ3n) is 5.23. The van der Waals surface area contributed by atoms with E-state index in [0.29, 0.717) is 5.11 Å². The summed E-state index contributed by atoms with van der Waals surface area (Å²) in [6.07, 6.45) is 2.77. The Morgan fingerprint density at radius 3 is 2.59 bits per heavy atom. The maximum Gasteiger partial charge on any atom is 0.171 e. The molecule has 2 aromatic carbocycles. The van der Waals surface area contributed by atoms with E-state index in [1.54, 1.807) is 0 Å². The highest BCUT2D eigenvalue weighted by Crippen LogP contribution is 2.25. The monoisotopic (exact) mass is 411 g/mol. The van der Waals surface area contributed by atoms with Crippen molar-refractivity contribution in [3.63, 3.8) is 0 Å². The summed E-state index contributed by atoms with van der Waals surface area (Å²) in [5, 5.41) is 7.24. The number of piperidine rings is 1. The molecule has 1 saturated heterocycles. The van der Waals surface area contributed by atoms with Crippen LogP contribution < -0.4 is 20.3 Å². The van der Waals surface area contributed by atoms with Crippen LogP contribution in [0.25, 0.3) is 0 Å². The predicted octanol–water partition coefficient (Wildman–Crippen LogP) is 5.76. The van der Waals surface area contributed by atoms with Gasteiger partial charge < -0.3 is 20.3 Å². The molecule has 5 heteroatoms. The Kier molecular flexibility index (Phi) is 7.37. The Hall–Kier alpha value is -2.27. The predicted molar refractivity (Wildman–Crippen MR) is 127 cm³/mol. The van der Waals surface area contributed by atoms with E-state index in [-0.39, 0.29) is 12.1 Å². The lowest BCUT2D eigenvalue weighted by Gasteiger charge is -2.33. The van der Waals surface area contributed by atoms with Crippen molar-refractivity contribution < 1.29 is 4.74 Å². The van der Waals surface area contributed by atoms with Crippen LogP contribution in [-0.4, -0.2) is 24.3 Å².